The summed E-state index contributed by atoms with van der Waals surface area (Å²) in [7, 11) is 0. The van der Waals surface area contributed by atoms with Gasteiger partial charge in [0.05, 0.1) is 9.40 Å². The highest BCUT2D eigenvalue weighted by atomic mass is 32.1. The van der Waals surface area contributed by atoms with E-state index in [2.05, 4.69) is 133 Å². The van der Waals surface area contributed by atoms with Crippen molar-refractivity contribution in [1.82, 2.24) is 0 Å². The Balaban J connectivity index is 1.07. The van der Waals surface area contributed by atoms with Crippen molar-refractivity contribution in [3.8, 4) is 22.3 Å². The summed E-state index contributed by atoms with van der Waals surface area (Å²) in [6.45, 7) is 0. The lowest BCUT2D eigenvalue weighted by atomic mass is 9.96. The molecule has 0 nitrogen and oxygen atoms in total. The minimum Gasteiger partial charge on any atom is -0.144 e. The third-order valence-electron chi connectivity index (χ3n) is 8.87. The summed E-state index contributed by atoms with van der Waals surface area (Å²) in [5.41, 5.74) is 5.05. The molecule has 3 heterocycles. The standard InChI is InChI=1S/C40H22S3/c1-2-4-24-21-37-34(19-23(24)3-1)39-40(42-37)35-20-33-18-29(9-10-31(33)22-38(35)43-39)27-7-5-26-16-28(8-6-25(26)15-27)30-11-12-36-32(17-30)13-14-41-36/h1-22H. The molecule has 43 heavy (non-hydrogen) atoms. The molecular formula is C40H22S3. The molecule has 0 saturated heterocycles. The fourth-order valence-electron chi connectivity index (χ4n) is 6.62. The molecule has 7 aromatic carbocycles. The van der Waals surface area contributed by atoms with Crippen molar-refractivity contribution >= 4 is 106 Å². The molecule has 200 valence electrons. The van der Waals surface area contributed by atoms with Crippen LogP contribution in [0.4, 0.5) is 0 Å². The first-order valence-electron chi connectivity index (χ1n) is 14.5. The number of benzene rings is 7. The molecule has 3 heteroatoms. The Kier molecular flexibility index (Phi) is 5.00. The second-order valence-electron chi connectivity index (χ2n) is 11.4. The zero-order valence-corrected chi connectivity index (χ0v) is 25.4. The third-order valence-corrected chi connectivity index (χ3v) is 12.3. The largest absolute Gasteiger partial charge is 0.144 e. The van der Waals surface area contributed by atoms with Gasteiger partial charge in [-0.1, -0.05) is 66.7 Å². The average molecular weight is 599 g/mol. The van der Waals surface area contributed by atoms with Gasteiger partial charge in [-0.05, 0) is 126 Å². The molecule has 0 atom stereocenters. The second kappa shape index (κ2) is 8.98. The summed E-state index contributed by atoms with van der Waals surface area (Å²) >= 11 is 5.67. The Labute approximate surface area is 259 Å². The zero-order chi connectivity index (χ0) is 28.1. The molecule has 10 rings (SSSR count). The number of hydrogen-bond acceptors (Lipinski definition) is 3. The summed E-state index contributed by atoms with van der Waals surface area (Å²) in [6, 6.07) is 47.9. The second-order valence-corrected chi connectivity index (χ2v) is 14.5. The van der Waals surface area contributed by atoms with E-state index in [1.54, 1.807) is 11.3 Å². The van der Waals surface area contributed by atoms with Gasteiger partial charge in [-0.3, -0.25) is 0 Å². The highest BCUT2D eigenvalue weighted by Crippen LogP contribution is 2.46. The van der Waals surface area contributed by atoms with E-state index in [-0.39, 0.29) is 0 Å². The molecule has 0 radical (unpaired) electrons. The van der Waals surface area contributed by atoms with Crippen LogP contribution >= 0.6 is 34.0 Å². The van der Waals surface area contributed by atoms with Gasteiger partial charge in [-0.15, -0.1) is 34.0 Å². The monoisotopic (exact) mass is 598 g/mol. The number of fused-ring (bicyclic) bond motifs is 9. The molecule has 0 unspecified atom stereocenters. The van der Waals surface area contributed by atoms with Crippen LogP contribution in [0.5, 0.6) is 0 Å². The van der Waals surface area contributed by atoms with Gasteiger partial charge in [0.15, 0.2) is 0 Å². The van der Waals surface area contributed by atoms with E-state index >= 15 is 0 Å². The van der Waals surface area contributed by atoms with Crippen molar-refractivity contribution in [2.24, 2.45) is 0 Å². The van der Waals surface area contributed by atoms with E-state index in [4.69, 9.17) is 0 Å². The first kappa shape index (κ1) is 24.0. The fraction of sp³-hybridized carbons (Fsp3) is 0. The number of hydrogen-bond donors (Lipinski definition) is 0. The summed E-state index contributed by atoms with van der Waals surface area (Å²) in [5, 5.41) is 14.0. The maximum absolute atomic E-state index is 2.42. The van der Waals surface area contributed by atoms with Crippen LogP contribution < -0.4 is 0 Å². The summed E-state index contributed by atoms with van der Waals surface area (Å²) in [6.07, 6.45) is 0. The van der Waals surface area contributed by atoms with Crippen LogP contribution in [0.25, 0.3) is 94.2 Å². The van der Waals surface area contributed by atoms with Crippen LogP contribution in [0.15, 0.2) is 133 Å². The van der Waals surface area contributed by atoms with Gasteiger partial charge in [0.1, 0.15) is 0 Å². The molecule has 0 aliphatic rings. The van der Waals surface area contributed by atoms with Gasteiger partial charge in [-0.2, -0.15) is 0 Å². The molecule has 0 fully saturated rings. The van der Waals surface area contributed by atoms with Crippen molar-refractivity contribution in [3.05, 3.63) is 133 Å². The molecule has 0 N–H and O–H groups in total. The van der Waals surface area contributed by atoms with Crippen LogP contribution in [0.3, 0.4) is 0 Å². The predicted molar refractivity (Wildman–Crippen MR) is 193 cm³/mol. The molecule has 0 aliphatic carbocycles. The number of rotatable bonds is 2. The molecular weight excluding hydrogens is 577 g/mol. The van der Waals surface area contributed by atoms with Gasteiger partial charge >= 0.3 is 0 Å². The van der Waals surface area contributed by atoms with Gasteiger partial charge in [0, 0.05) is 24.9 Å². The van der Waals surface area contributed by atoms with Crippen molar-refractivity contribution in [2.45, 2.75) is 0 Å². The Hall–Kier alpha value is -4.54. The molecule has 0 spiro atoms. The molecule has 0 aliphatic heterocycles. The Morgan fingerprint density at radius 3 is 1.42 bits per heavy atom. The molecule has 0 saturated carbocycles. The van der Waals surface area contributed by atoms with Gasteiger partial charge in [0.2, 0.25) is 0 Å². The Morgan fingerprint density at radius 1 is 0.326 bits per heavy atom. The van der Waals surface area contributed by atoms with E-state index in [9.17, 15) is 0 Å². The van der Waals surface area contributed by atoms with E-state index in [0.29, 0.717) is 0 Å². The van der Waals surface area contributed by atoms with Crippen LogP contribution in [0, 0.1) is 0 Å². The highest BCUT2D eigenvalue weighted by molar-refractivity contribution is 7.36. The van der Waals surface area contributed by atoms with Crippen LogP contribution in [-0.2, 0) is 0 Å². The van der Waals surface area contributed by atoms with E-state index in [0.717, 1.165) is 0 Å². The predicted octanol–water partition coefficient (Wildman–Crippen LogP) is 13.3. The SMILES string of the molecule is c1ccc2cc3c(cc2c1)sc1c2cc4cc(-c5ccc6cc(-c7ccc8sccc8c7)ccc6c5)ccc4cc2sc31. The first-order chi connectivity index (χ1) is 21.2. The lowest BCUT2D eigenvalue weighted by Crippen LogP contribution is -1.83. The van der Waals surface area contributed by atoms with Crippen LogP contribution in [0.1, 0.15) is 0 Å². The van der Waals surface area contributed by atoms with Gasteiger partial charge in [-0.25, -0.2) is 0 Å². The number of thiophene rings is 3. The molecule has 0 amide bonds. The quantitative estimate of drug-likeness (QED) is 0.186. The smallest absolute Gasteiger partial charge is 0.0542 e. The molecule has 10 aromatic rings. The van der Waals surface area contributed by atoms with Gasteiger partial charge in [0.25, 0.3) is 0 Å². The van der Waals surface area contributed by atoms with Crippen molar-refractivity contribution < 1.29 is 0 Å². The maximum Gasteiger partial charge on any atom is 0.0542 e. The minimum absolute atomic E-state index is 1.26. The zero-order valence-electron chi connectivity index (χ0n) is 22.9. The first-order valence-corrected chi connectivity index (χ1v) is 17.0. The average Bonchev–Trinajstić information content (AvgIpc) is 3.75. The topological polar surface area (TPSA) is 0 Å². The summed E-state index contributed by atoms with van der Waals surface area (Å²) in [5.74, 6) is 0. The summed E-state index contributed by atoms with van der Waals surface area (Å²) in [4.78, 5) is 0. The van der Waals surface area contributed by atoms with E-state index in [1.807, 2.05) is 22.7 Å². The van der Waals surface area contributed by atoms with Crippen LogP contribution in [0.2, 0.25) is 0 Å². The highest BCUT2D eigenvalue weighted by Gasteiger charge is 2.14. The van der Waals surface area contributed by atoms with Crippen molar-refractivity contribution in [1.29, 1.82) is 0 Å². The van der Waals surface area contributed by atoms with E-state index in [1.165, 1.54) is 94.2 Å². The molecule has 3 aromatic heterocycles. The lowest BCUT2D eigenvalue weighted by molar-refractivity contribution is 1.66. The lowest BCUT2D eigenvalue weighted by Gasteiger charge is -2.09. The van der Waals surface area contributed by atoms with Crippen molar-refractivity contribution in [3.63, 3.8) is 0 Å². The minimum atomic E-state index is 1.26. The molecule has 0 bridgehead atoms. The third kappa shape index (κ3) is 3.72. The Morgan fingerprint density at radius 2 is 0.791 bits per heavy atom. The fourth-order valence-corrected chi connectivity index (χ4v) is 10.1. The van der Waals surface area contributed by atoms with E-state index < -0.39 is 0 Å². The summed E-state index contributed by atoms with van der Waals surface area (Å²) < 4.78 is 6.92. The normalized spacial score (nSPS) is 12.2. The maximum atomic E-state index is 2.42. The van der Waals surface area contributed by atoms with Crippen molar-refractivity contribution in [2.75, 3.05) is 0 Å². The Bertz CT molecular complexity index is 2730. The van der Waals surface area contributed by atoms with Crippen LogP contribution in [-0.4, -0.2) is 0 Å². The van der Waals surface area contributed by atoms with Gasteiger partial charge < -0.3 is 0 Å².